The van der Waals surface area contributed by atoms with Gasteiger partial charge in [0.1, 0.15) is 5.75 Å². The van der Waals surface area contributed by atoms with Gasteiger partial charge < -0.3 is 14.9 Å². The van der Waals surface area contributed by atoms with E-state index in [1.165, 1.54) is 19.1 Å². The highest BCUT2D eigenvalue weighted by molar-refractivity contribution is 5.51. The van der Waals surface area contributed by atoms with Crippen molar-refractivity contribution in [3.05, 3.63) is 63.7 Å². The van der Waals surface area contributed by atoms with Crippen molar-refractivity contribution in [1.82, 2.24) is 0 Å². The highest BCUT2D eigenvalue weighted by Gasteiger charge is 2.18. The number of hydrogen-bond acceptors (Lipinski definition) is 5. The second kappa shape index (κ2) is 6.34. The van der Waals surface area contributed by atoms with Crippen molar-refractivity contribution in [2.75, 3.05) is 0 Å². The molecule has 0 bridgehead atoms. The molecule has 0 spiro atoms. The molecular formula is C15H15NO5. The lowest BCUT2D eigenvalue weighted by atomic mass is 10.1. The summed E-state index contributed by atoms with van der Waals surface area (Å²) in [6, 6.07) is 10.9. The maximum Gasteiger partial charge on any atom is 0.311 e. The minimum absolute atomic E-state index is 0.0798. The molecule has 2 N–H and O–H groups in total. The van der Waals surface area contributed by atoms with Crippen molar-refractivity contribution < 1.29 is 19.9 Å². The number of aliphatic hydroxyl groups is 2. The van der Waals surface area contributed by atoms with Crippen LogP contribution in [0.2, 0.25) is 0 Å². The van der Waals surface area contributed by atoms with Crippen LogP contribution in [0.1, 0.15) is 24.2 Å². The molecule has 2 aromatic carbocycles. The van der Waals surface area contributed by atoms with Gasteiger partial charge in [-0.25, -0.2) is 0 Å². The van der Waals surface area contributed by atoms with Gasteiger partial charge in [0, 0.05) is 6.07 Å². The fourth-order valence-corrected chi connectivity index (χ4v) is 1.81. The van der Waals surface area contributed by atoms with E-state index in [9.17, 15) is 15.2 Å². The molecule has 0 aliphatic heterocycles. The molecular weight excluding hydrogens is 274 g/mol. The fourth-order valence-electron chi connectivity index (χ4n) is 1.81. The van der Waals surface area contributed by atoms with Crippen molar-refractivity contribution >= 4 is 5.69 Å². The average molecular weight is 289 g/mol. The Bertz CT molecular complexity index is 637. The van der Waals surface area contributed by atoms with Gasteiger partial charge in [-0.3, -0.25) is 10.1 Å². The standard InChI is InChI=1S/C15H15NO5/c1-10(18)12-4-7-15(14(8-12)16(19)20)21-13-5-2-11(9-17)3-6-13/h2-8,10,17-18H,9H2,1H3/t10-/m0/s1. The molecule has 2 rings (SSSR count). The van der Waals surface area contributed by atoms with Crippen LogP contribution in [0.3, 0.4) is 0 Å². The van der Waals surface area contributed by atoms with E-state index in [1.54, 1.807) is 30.3 Å². The summed E-state index contributed by atoms with van der Waals surface area (Å²) in [5.74, 6) is 0.529. The fraction of sp³-hybridized carbons (Fsp3) is 0.200. The van der Waals surface area contributed by atoms with Crippen molar-refractivity contribution in [3.8, 4) is 11.5 Å². The second-order valence-electron chi connectivity index (χ2n) is 4.56. The number of hydrogen-bond donors (Lipinski definition) is 2. The van der Waals surface area contributed by atoms with Crippen molar-refractivity contribution in [2.45, 2.75) is 19.6 Å². The van der Waals surface area contributed by atoms with Crippen LogP contribution in [-0.2, 0) is 6.61 Å². The van der Waals surface area contributed by atoms with Gasteiger partial charge in [0.15, 0.2) is 0 Å². The van der Waals surface area contributed by atoms with E-state index in [2.05, 4.69) is 0 Å². The lowest BCUT2D eigenvalue weighted by Gasteiger charge is -2.09. The number of aliphatic hydroxyl groups excluding tert-OH is 2. The first-order valence-electron chi connectivity index (χ1n) is 6.35. The van der Waals surface area contributed by atoms with E-state index in [4.69, 9.17) is 9.84 Å². The van der Waals surface area contributed by atoms with Gasteiger partial charge in [-0.2, -0.15) is 0 Å². The topological polar surface area (TPSA) is 92.8 Å². The molecule has 6 nitrogen and oxygen atoms in total. The number of nitrogens with zero attached hydrogens (tertiary/aromatic N) is 1. The minimum atomic E-state index is -0.790. The highest BCUT2D eigenvalue weighted by Crippen LogP contribution is 2.33. The van der Waals surface area contributed by atoms with Crippen LogP contribution >= 0.6 is 0 Å². The molecule has 0 amide bonds. The lowest BCUT2D eigenvalue weighted by molar-refractivity contribution is -0.385. The molecule has 0 unspecified atom stereocenters. The van der Waals surface area contributed by atoms with Crippen LogP contribution < -0.4 is 4.74 Å². The molecule has 6 heteroatoms. The molecule has 0 fully saturated rings. The summed E-state index contributed by atoms with van der Waals surface area (Å²) in [7, 11) is 0. The zero-order valence-corrected chi connectivity index (χ0v) is 11.4. The van der Waals surface area contributed by atoms with Gasteiger partial charge in [-0.15, -0.1) is 0 Å². The quantitative estimate of drug-likeness (QED) is 0.652. The number of ether oxygens (including phenoxy) is 1. The maximum atomic E-state index is 11.1. The summed E-state index contributed by atoms with van der Waals surface area (Å²) in [6.07, 6.45) is -0.790. The Hall–Kier alpha value is -2.44. The van der Waals surface area contributed by atoms with Gasteiger partial charge in [-0.1, -0.05) is 18.2 Å². The first kappa shape index (κ1) is 15.0. The van der Waals surface area contributed by atoms with Gasteiger partial charge in [-0.05, 0) is 36.2 Å². The summed E-state index contributed by atoms with van der Waals surface area (Å²) < 4.78 is 5.50. The third-order valence-electron chi connectivity index (χ3n) is 3.00. The van der Waals surface area contributed by atoms with Crippen LogP contribution in [0.5, 0.6) is 11.5 Å². The molecule has 0 aliphatic rings. The number of benzene rings is 2. The summed E-state index contributed by atoms with van der Waals surface area (Å²) in [5.41, 5.74) is 0.964. The Morgan fingerprint density at radius 3 is 2.43 bits per heavy atom. The first-order valence-corrected chi connectivity index (χ1v) is 6.35. The molecule has 0 aromatic heterocycles. The molecule has 0 radical (unpaired) electrons. The molecule has 0 heterocycles. The smallest absolute Gasteiger partial charge is 0.311 e. The van der Waals surface area contributed by atoms with E-state index in [0.717, 1.165) is 5.56 Å². The molecule has 0 aliphatic carbocycles. The van der Waals surface area contributed by atoms with Crippen LogP contribution in [-0.4, -0.2) is 15.1 Å². The van der Waals surface area contributed by atoms with E-state index in [1.807, 2.05) is 0 Å². The Morgan fingerprint density at radius 1 is 1.24 bits per heavy atom. The van der Waals surface area contributed by atoms with Crippen LogP contribution in [0.25, 0.3) is 0 Å². The third kappa shape index (κ3) is 3.56. The third-order valence-corrected chi connectivity index (χ3v) is 3.00. The van der Waals surface area contributed by atoms with E-state index in [-0.39, 0.29) is 18.0 Å². The molecule has 2 aromatic rings. The van der Waals surface area contributed by atoms with Crippen LogP contribution in [0.4, 0.5) is 5.69 Å². The van der Waals surface area contributed by atoms with Crippen molar-refractivity contribution in [1.29, 1.82) is 0 Å². The predicted molar refractivity (Wildman–Crippen MR) is 76.2 cm³/mol. The largest absolute Gasteiger partial charge is 0.450 e. The number of nitro groups is 1. The Morgan fingerprint density at radius 2 is 1.90 bits per heavy atom. The van der Waals surface area contributed by atoms with Crippen LogP contribution in [0, 0.1) is 10.1 Å². The van der Waals surface area contributed by atoms with Gasteiger partial charge in [0.25, 0.3) is 0 Å². The summed E-state index contributed by atoms with van der Waals surface area (Å²) in [4.78, 5) is 10.5. The molecule has 0 saturated carbocycles. The molecule has 1 atom stereocenters. The first-order chi connectivity index (χ1) is 10.0. The van der Waals surface area contributed by atoms with Gasteiger partial charge >= 0.3 is 5.69 Å². The van der Waals surface area contributed by atoms with Gasteiger partial charge in [0.2, 0.25) is 5.75 Å². The van der Waals surface area contributed by atoms with Gasteiger partial charge in [0.05, 0.1) is 17.6 Å². The van der Waals surface area contributed by atoms with Crippen molar-refractivity contribution in [2.24, 2.45) is 0 Å². The van der Waals surface area contributed by atoms with E-state index in [0.29, 0.717) is 11.3 Å². The normalized spacial score (nSPS) is 12.0. The van der Waals surface area contributed by atoms with Crippen LogP contribution in [0.15, 0.2) is 42.5 Å². The minimum Gasteiger partial charge on any atom is -0.450 e. The second-order valence-corrected chi connectivity index (χ2v) is 4.56. The zero-order chi connectivity index (χ0) is 15.4. The Labute approximate surface area is 121 Å². The Kier molecular flexibility index (Phi) is 4.52. The summed E-state index contributed by atoms with van der Waals surface area (Å²) in [6.45, 7) is 1.46. The molecule has 21 heavy (non-hydrogen) atoms. The zero-order valence-electron chi connectivity index (χ0n) is 11.4. The average Bonchev–Trinajstić information content (AvgIpc) is 2.48. The summed E-state index contributed by atoms with van der Waals surface area (Å²) >= 11 is 0. The van der Waals surface area contributed by atoms with E-state index >= 15 is 0 Å². The lowest BCUT2D eigenvalue weighted by Crippen LogP contribution is -1.97. The summed E-state index contributed by atoms with van der Waals surface area (Å²) in [5, 5.41) is 29.5. The number of nitro benzene ring substituents is 1. The predicted octanol–water partition coefficient (Wildman–Crippen LogP) is 2.93. The molecule has 0 saturated heterocycles. The SMILES string of the molecule is C[C@H](O)c1ccc(Oc2ccc(CO)cc2)c([N+](=O)[O-])c1. The monoisotopic (exact) mass is 289 g/mol. The maximum absolute atomic E-state index is 11.1. The number of rotatable bonds is 5. The van der Waals surface area contributed by atoms with E-state index < -0.39 is 11.0 Å². The Balaban J connectivity index is 2.31. The molecule has 110 valence electrons. The highest BCUT2D eigenvalue weighted by atomic mass is 16.6. The van der Waals surface area contributed by atoms with Crippen molar-refractivity contribution in [3.63, 3.8) is 0 Å².